The van der Waals surface area contributed by atoms with Gasteiger partial charge < -0.3 is 9.84 Å². The zero-order chi connectivity index (χ0) is 26.1. The van der Waals surface area contributed by atoms with Crippen LogP contribution in [0.3, 0.4) is 0 Å². The first-order valence-electron chi connectivity index (χ1n) is 11.9. The number of carbonyl (C=O) groups excluding carboxylic acids is 1. The van der Waals surface area contributed by atoms with Crippen LogP contribution >= 0.6 is 0 Å². The van der Waals surface area contributed by atoms with Gasteiger partial charge in [-0.25, -0.2) is 0 Å². The summed E-state index contributed by atoms with van der Waals surface area (Å²) in [7, 11) is 1.57. The van der Waals surface area contributed by atoms with Crippen LogP contribution in [-0.2, 0) is 4.79 Å². The molecule has 2 N–H and O–H groups in total. The normalized spacial score (nSPS) is 18.9. The summed E-state index contributed by atoms with van der Waals surface area (Å²) in [6, 6.07) is 22.1. The maximum atomic E-state index is 13.5. The standard InChI is InChI=1S/C29H25N3O5/c1-37-22-16-10-18(11-17-22)25-26-23(8-5-9-24(26)33)31(20-12-14-21(15-13-20)32(35)36)29(30)27(25)28(34)19-6-3-2-4-7-19/h2-4,6-7,10-17,25,30,34H,5,8-9H2,1H3/b28-27+,30-29?. The Bertz CT molecular complexity index is 1440. The number of allylic oxidation sites excluding steroid dienone is 2. The molecular weight excluding hydrogens is 470 g/mol. The summed E-state index contributed by atoms with van der Waals surface area (Å²) in [5.74, 6) is -0.118. The molecular formula is C29H25N3O5. The average molecular weight is 496 g/mol. The molecule has 8 heteroatoms. The molecule has 37 heavy (non-hydrogen) atoms. The van der Waals surface area contributed by atoms with Crippen LogP contribution in [-0.4, -0.2) is 28.8 Å². The largest absolute Gasteiger partial charge is 0.507 e. The fraction of sp³-hybridized carbons (Fsp3) is 0.172. The van der Waals surface area contributed by atoms with Gasteiger partial charge in [0.25, 0.3) is 5.69 Å². The van der Waals surface area contributed by atoms with Crippen LogP contribution in [0.25, 0.3) is 5.76 Å². The Hall–Kier alpha value is -4.72. The summed E-state index contributed by atoms with van der Waals surface area (Å²) in [4.78, 5) is 25.9. The summed E-state index contributed by atoms with van der Waals surface area (Å²) >= 11 is 0. The van der Waals surface area contributed by atoms with Gasteiger partial charge in [0.05, 0.1) is 12.0 Å². The highest BCUT2D eigenvalue weighted by Crippen LogP contribution is 2.48. The van der Waals surface area contributed by atoms with Crippen molar-refractivity contribution in [3.63, 3.8) is 0 Å². The molecule has 2 aliphatic rings. The maximum Gasteiger partial charge on any atom is 0.269 e. The number of non-ortho nitro benzene ring substituents is 1. The number of hydrogen-bond acceptors (Lipinski definition) is 6. The van der Waals surface area contributed by atoms with Crippen LogP contribution in [0.4, 0.5) is 11.4 Å². The average Bonchev–Trinajstić information content (AvgIpc) is 2.93. The van der Waals surface area contributed by atoms with Gasteiger partial charge >= 0.3 is 0 Å². The Kier molecular flexibility index (Phi) is 6.31. The number of rotatable bonds is 5. The molecule has 0 radical (unpaired) electrons. The zero-order valence-corrected chi connectivity index (χ0v) is 20.2. The summed E-state index contributed by atoms with van der Waals surface area (Å²) < 4.78 is 5.31. The number of ketones is 1. The number of amidine groups is 1. The topological polar surface area (TPSA) is 117 Å². The zero-order valence-electron chi connectivity index (χ0n) is 20.2. The molecule has 0 aromatic heterocycles. The Labute approximate surface area is 213 Å². The van der Waals surface area contributed by atoms with Crippen molar-refractivity contribution < 1.29 is 19.6 Å². The van der Waals surface area contributed by atoms with Crippen molar-refractivity contribution in [2.24, 2.45) is 0 Å². The molecule has 1 aliphatic heterocycles. The van der Waals surface area contributed by atoms with Crippen LogP contribution in [0.5, 0.6) is 5.75 Å². The summed E-state index contributed by atoms with van der Waals surface area (Å²) in [5, 5.41) is 32.1. The number of anilines is 1. The lowest BCUT2D eigenvalue weighted by Crippen LogP contribution is -2.42. The van der Waals surface area contributed by atoms with Crippen LogP contribution in [0, 0.1) is 15.5 Å². The fourth-order valence-corrected chi connectivity index (χ4v) is 5.08. The first-order chi connectivity index (χ1) is 17.9. The highest BCUT2D eigenvalue weighted by molar-refractivity contribution is 6.19. The van der Waals surface area contributed by atoms with E-state index in [-0.39, 0.29) is 23.1 Å². The SMILES string of the molecule is COc1ccc(C2C3=C(CCCC3=O)N(c3ccc([N+](=O)[O-])cc3)C(=N)/C2=C(/O)c2ccccc2)cc1. The molecule has 8 nitrogen and oxygen atoms in total. The molecule has 1 unspecified atom stereocenters. The highest BCUT2D eigenvalue weighted by Gasteiger charge is 2.43. The van der Waals surface area contributed by atoms with Crippen molar-refractivity contribution in [2.45, 2.75) is 25.2 Å². The van der Waals surface area contributed by atoms with Gasteiger partial charge in [-0.3, -0.25) is 25.2 Å². The number of carbonyl (C=O) groups is 1. The molecule has 3 aromatic carbocycles. The number of aliphatic hydroxyl groups excluding tert-OH is 1. The van der Waals surface area contributed by atoms with Gasteiger partial charge in [0, 0.05) is 52.6 Å². The van der Waals surface area contributed by atoms with Gasteiger partial charge in [0.2, 0.25) is 0 Å². The second-order valence-electron chi connectivity index (χ2n) is 8.93. The van der Waals surface area contributed by atoms with E-state index in [1.54, 1.807) is 60.5 Å². The molecule has 1 aliphatic carbocycles. The molecule has 5 rings (SSSR count). The van der Waals surface area contributed by atoms with Crippen molar-refractivity contribution in [3.8, 4) is 5.75 Å². The van der Waals surface area contributed by atoms with Crippen LogP contribution in [0.1, 0.15) is 36.3 Å². The van der Waals surface area contributed by atoms with E-state index in [2.05, 4.69) is 0 Å². The van der Waals surface area contributed by atoms with Gasteiger partial charge in [0.15, 0.2) is 5.78 Å². The smallest absolute Gasteiger partial charge is 0.269 e. The van der Waals surface area contributed by atoms with Crippen molar-refractivity contribution in [3.05, 3.63) is 117 Å². The Balaban J connectivity index is 1.78. The quantitative estimate of drug-likeness (QED) is 0.249. The highest BCUT2D eigenvalue weighted by atomic mass is 16.6. The summed E-state index contributed by atoms with van der Waals surface area (Å²) in [6.07, 6.45) is 1.56. The van der Waals surface area contributed by atoms with Crippen LogP contribution < -0.4 is 9.64 Å². The molecule has 0 bridgehead atoms. The minimum atomic E-state index is -0.657. The fourth-order valence-electron chi connectivity index (χ4n) is 5.08. The van der Waals surface area contributed by atoms with Gasteiger partial charge in [-0.1, -0.05) is 42.5 Å². The van der Waals surface area contributed by atoms with Crippen LogP contribution in [0.15, 0.2) is 95.7 Å². The number of nitrogens with zero attached hydrogens (tertiary/aromatic N) is 2. The van der Waals surface area contributed by atoms with Crippen molar-refractivity contribution in [1.29, 1.82) is 5.41 Å². The second kappa shape index (κ2) is 9.73. The van der Waals surface area contributed by atoms with E-state index in [1.807, 2.05) is 18.2 Å². The Morgan fingerprint density at radius 1 is 1.03 bits per heavy atom. The lowest BCUT2D eigenvalue weighted by Gasteiger charge is -2.41. The van der Waals surface area contributed by atoms with Crippen molar-refractivity contribution in [2.75, 3.05) is 12.0 Å². The van der Waals surface area contributed by atoms with Crippen LogP contribution in [0.2, 0.25) is 0 Å². The number of ether oxygens (including phenoxy) is 1. The van der Waals surface area contributed by atoms with E-state index < -0.39 is 10.8 Å². The number of aliphatic hydroxyl groups is 1. The van der Waals surface area contributed by atoms with Crippen molar-refractivity contribution >= 4 is 28.8 Å². The molecule has 0 fully saturated rings. The number of methoxy groups -OCH3 is 1. The number of hydrogen-bond donors (Lipinski definition) is 2. The lowest BCUT2D eigenvalue weighted by atomic mass is 9.73. The molecule has 0 spiro atoms. The monoisotopic (exact) mass is 495 g/mol. The molecule has 0 amide bonds. The number of Topliss-reactive ketones (excluding diaryl/α,β-unsaturated/α-hetero) is 1. The molecule has 1 atom stereocenters. The first kappa shape index (κ1) is 24.0. The third kappa shape index (κ3) is 4.27. The lowest BCUT2D eigenvalue weighted by molar-refractivity contribution is -0.384. The number of nitro benzene ring substituents is 1. The van der Waals surface area contributed by atoms with Gasteiger partial charge in [-0.2, -0.15) is 0 Å². The molecule has 1 heterocycles. The van der Waals surface area contributed by atoms with E-state index >= 15 is 0 Å². The third-order valence-corrected chi connectivity index (χ3v) is 6.82. The minimum absolute atomic E-state index is 0.0180. The predicted octanol–water partition coefficient (Wildman–Crippen LogP) is 6.16. The van der Waals surface area contributed by atoms with Gasteiger partial charge in [0.1, 0.15) is 17.3 Å². The molecule has 3 aromatic rings. The molecule has 186 valence electrons. The first-order valence-corrected chi connectivity index (χ1v) is 11.9. The maximum absolute atomic E-state index is 13.5. The second-order valence-corrected chi connectivity index (χ2v) is 8.93. The van der Waals surface area contributed by atoms with E-state index in [0.29, 0.717) is 53.1 Å². The number of nitro groups is 1. The van der Waals surface area contributed by atoms with E-state index in [9.17, 15) is 25.4 Å². The van der Waals surface area contributed by atoms with Gasteiger partial charge in [-0.05, 0) is 42.7 Å². The number of benzene rings is 3. The Morgan fingerprint density at radius 2 is 1.70 bits per heavy atom. The summed E-state index contributed by atoms with van der Waals surface area (Å²) in [6.45, 7) is 0. The van der Waals surface area contributed by atoms with Gasteiger partial charge in [-0.15, -0.1) is 0 Å². The summed E-state index contributed by atoms with van der Waals surface area (Å²) in [5.41, 5.74) is 3.24. The minimum Gasteiger partial charge on any atom is -0.507 e. The molecule has 0 saturated heterocycles. The Morgan fingerprint density at radius 3 is 2.32 bits per heavy atom. The molecule has 0 saturated carbocycles. The van der Waals surface area contributed by atoms with E-state index in [0.717, 1.165) is 5.56 Å². The van der Waals surface area contributed by atoms with Crippen molar-refractivity contribution in [1.82, 2.24) is 0 Å². The third-order valence-electron chi connectivity index (χ3n) is 6.82. The van der Waals surface area contributed by atoms with E-state index in [4.69, 9.17) is 4.74 Å². The van der Waals surface area contributed by atoms with E-state index in [1.165, 1.54) is 12.1 Å². The predicted molar refractivity (Wildman–Crippen MR) is 141 cm³/mol. The number of nitrogens with one attached hydrogen (secondary N) is 1.